The lowest BCUT2D eigenvalue weighted by atomic mass is 9.36. The number of likely N-dealkylation sites (N-methyl/N-ethyl adjacent to an activating group) is 1. The molecule has 8 radical (unpaired) electrons. The Hall–Kier alpha value is -3.70. The second kappa shape index (κ2) is 15.5. The molecule has 0 unspecified atom stereocenters. The van der Waals surface area contributed by atoms with Gasteiger partial charge in [0.15, 0.2) is 5.16 Å². The Balaban J connectivity index is 1.49. The fraction of sp³-hybridized carbons (Fsp3) is 0.361. The lowest BCUT2D eigenvalue weighted by molar-refractivity contribution is -0.137. The van der Waals surface area contributed by atoms with Crippen molar-refractivity contribution in [1.29, 1.82) is 0 Å². The van der Waals surface area contributed by atoms with Gasteiger partial charge in [-0.2, -0.15) is 18.2 Å². The molecule has 5 rings (SSSR count). The van der Waals surface area contributed by atoms with E-state index in [0.29, 0.717) is 64.8 Å². The maximum Gasteiger partial charge on any atom is 0.416 e. The van der Waals surface area contributed by atoms with Gasteiger partial charge in [0.25, 0.3) is 5.56 Å². The van der Waals surface area contributed by atoms with E-state index < -0.39 is 28.3 Å². The van der Waals surface area contributed by atoms with E-state index in [4.69, 9.17) is 31.4 Å². The number of hydrogen-bond donors (Lipinski definition) is 0. The highest BCUT2D eigenvalue weighted by molar-refractivity contribution is 7.98. The van der Waals surface area contributed by atoms with Crippen molar-refractivity contribution < 1.29 is 22.4 Å². The van der Waals surface area contributed by atoms with Crippen molar-refractivity contribution in [3.05, 3.63) is 117 Å². The van der Waals surface area contributed by atoms with Crippen molar-refractivity contribution in [2.24, 2.45) is 0 Å². The van der Waals surface area contributed by atoms with Gasteiger partial charge in [0.05, 0.1) is 36.9 Å². The highest BCUT2D eigenvalue weighted by Crippen LogP contribution is 2.33. The standard InChI is InChI=1S/C36H34B4F4N4O2S/c1-3-46(4-2)35(37,38)36(39,40)48(20-23-8-12-25(13-9-23)26-14-16-27(17-15-26)34(42,43)44)31(49)21-47-30-7-5-6-29(30)32(50)45-33(47)51-22-24-10-18-28(41)19-11-24/h8-19H,3-7,20-22H2,1-2H3. The lowest BCUT2D eigenvalue weighted by Crippen LogP contribution is -2.74. The lowest BCUT2D eigenvalue weighted by Gasteiger charge is -2.56. The number of thioether (sulfide) groups is 1. The minimum absolute atomic E-state index is 0.121. The van der Waals surface area contributed by atoms with Gasteiger partial charge < -0.3 is 14.4 Å². The number of fused-ring (bicyclic) bond motifs is 1. The van der Waals surface area contributed by atoms with Crippen LogP contribution in [0.1, 0.15) is 48.2 Å². The number of amides is 1. The first kappa shape index (κ1) is 38.5. The third-order valence-corrected chi connectivity index (χ3v) is 10.3. The smallest absolute Gasteiger partial charge is 0.348 e. The monoisotopic (exact) mass is 706 g/mol. The van der Waals surface area contributed by atoms with Crippen LogP contribution in [0.25, 0.3) is 11.1 Å². The Morgan fingerprint density at radius 3 is 1.98 bits per heavy atom. The van der Waals surface area contributed by atoms with E-state index in [0.717, 1.165) is 24.1 Å². The maximum absolute atomic E-state index is 14.5. The van der Waals surface area contributed by atoms with Gasteiger partial charge in [0, 0.05) is 23.6 Å². The van der Waals surface area contributed by atoms with Crippen LogP contribution in [-0.4, -0.2) is 80.4 Å². The summed E-state index contributed by atoms with van der Waals surface area (Å²) in [6, 6.07) is 17.7. The molecule has 0 N–H and O–H groups in total. The quantitative estimate of drug-likeness (QED) is 0.0829. The third-order valence-electron chi connectivity index (χ3n) is 9.29. The molecule has 1 heterocycles. The van der Waals surface area contributed by atoms with Gasteiger partial charge in [-0.15, -0.1) is 0 Å². The van der Waals surface area contributed by atoms with E-state index in [-0.39, 0.29) is 24.5 Å². The molecule has 51 heavy (non-hydrogen) atoms. The molecular weight excluding hydrogens is 672 g/mol. The number of benzene rings is 3. The molecule has 0 saturated carbocycles. The fourth-order valence-electron chi connectivity index (χ4n) is 6.29. The fourth-order valence-corrected chi connectivity index (χ4v) is 7.25. The number of alkyl halides is 3. The molecule has 1 aliphatic carbocycles. The number of carbonyl (C=O) groups excluding carboxylic acids is 1. The second-order valence-electron chi connectivity index (χ2n) is 12.6. The van der Waals surface area contributed by atoms with Crippen LogP contribution in [0, 0.1) is 5.82 Å². The second-order valence-corrected chi connectivity index (χ2v) is 13.5. The summed E-state index contributed by atoms with van der Waals surface area (Å²) in [5, 5.41) is -3.70. The predicted octanol–water partition coefficient (Wildman–Crippen LogP) is 5.20. The highest BCUT2D eigenvalue weighted by Gasteiger charge is 2.44. The molecule has 1 aliphatic rings. The zero-order valence-electron chi connectivity index (χ0n) is 28.4. The summed E-state index contributed by atoms with van der Waals surface area (Å²) in [5.41, 5.74) is 2.77. The van der Waals surface area contributed by atoms with E-state index in [1.165, 1.54) is 40.9 Å². The molecule has 1 amide bonds. The van der Waals surface area contributed by atoms with Crippen LogP contribution in [0.2, 0.25) is 0 Å². The molecule has 256 valence electrons. The number of rotatable bonds is 13. The first-order valence-electron chi connectivity index (χ1n) is 16.5. The molecule has 0 fully saturated rings. The molecule has 0 saturated heterocycles. The average Bonchev–Trinajstić information content (AvgIpc) is 3.60. The Morgan fingerprint density at radius 2 is 1.41 bits per heavy atom. The summed E-state index contributed by atoms with van der Waals surface area (Å²) in [7, 11) is 26.8. The number of carbonyl (C=O) groups is 1. The van der Waals surface area contributed by atoms with Crippen molar-refractivity contribution in [3.63, 3.8) is 0 Å². The van der Waals surface area contributed by atoms with Gasteiger partial charge in [-0.3, -0.25) is 9.59 Å². The maximum atomic E-state index is 14.5. The van der Waals surface area contributed by atoms with E-state index in [9.17, 15) is 27.2 Å². The molecular formula is C36H34B4F4N4O2S. The number of halogens is 4. The van der Waals surface area contributed by atoms with E-state index in [1.807, 2.05) is 13.8 Å². The molecule has 6 nitrogen and oxygen atoms in total. The van der Waals surface area contributed by atoms with Gasteiger partial charge in [-0.1, -0.05) is 74.1 Å². The Kier molecular flexibility index (Phi) is 11.7. The van der Waals surface area contributed by atoms with Crippen molar-refractivity contribution in [3.8, 4) is 11.1 Å². The van der Waals surface area contributed by atoms with E-state index in [1.54, 1.807) is 45.9 Å². The summed E-state index contributed by atoms with van der Waals surface area (Å²) < 4.78 is 54.5. The molecule has 3 aromatic carbocycles. The summed E-state index contributed by atoms with van der Waals surface area (Å²) in [5.74, 6) is -0.547. The van der Waals surface area contributed by atoms with Gasteiger partial charge >= 0.3 is 6.18 Å². The average molecular weight is 706 g/mol. The van der Waals surface area contributed by atoms with Crippen LogP contribution < -0.4 is 5.56 Å². The van der Waals surface area contributed by atoms with Crippen LogP contribution in [0.4, 0.5) is 17.6 Å². The van der Waals surface area contributed by atoms with Gasteiger partial charge in [0.1, 0.15) is 12.4 Å². The van der Waals surface area contributed by atoms with E-state index >= 15 is 0 Å². The van der Waals surface area contributed by atoms with Gasteiger partial charge in [-0.05, 0) is 89.5 Å². The van der Waals surface area contributed by atoms with Crippen LogP contribution in [-0.2, 0) is 42.7 Å². The topological polar surface area (TPSA) is 58.4 Å². The Labute approximate surface area is 305 Å². The molecule has 0 atom stereocenters. The van der Waals surface area contributed by atoms with Crippen LogP contribution in [0.5, 0.6) is 0 Å². The largest absolute Gasteiger partial charge is 0.416 e. The molecule has 0 spiro atoms. The number of aromatic nitrogens is 2. The minimum Gasteiger partial charge on any atom is -0.348 e. The van der Waals surface area contributed by atoms with Crippen molar-refractivity contribution >= 4 is 49.1 Å². The molecule has 0 bridgehead atoms. The molecule has 4 aromatic rings. The molecule has 15 heteroatoms. The zero-order valence-corrected chi connectivity index (χ0v) is 29.2. The summed E-state index contributed by atoms with van der Waals surface area (Å²) in [4.78, 5) is 34.7. The normalized spacial score (nSPS) is 13.4. The zero-order chi connectivity index (χ0) is 37.1. The highest BCUT2D eigenvalue weighted by atomic mass is 32.2. The first-order chi connectivity index (χ1) is 24.1. The van der Waals surface area contributed by atoms with Crippen LogP contribution >= 0.6 is 11.8 Å². The predicted molar refractivity (Wildman–Crippen MR) is 195 cm³/mol. The van der Waals surface area contributed by atoms with Crippen LogP contribution in [0.3, 0.4) is 0 Å². The van der Waals surface area contributed by atoms with Crippen molar-refractivity contribution in [1.82, 2.24) is 19.4 Å². The molecule has 1 aromatic heterocycles. The van der Waals surface area contributed by atoms with Gasteiger partial charge in [-0.25, -0.2) is 4.39 Å². The van der Waals surface area contributed by atoms with Gasteiger partial charge in [0.2, 0.25) is 5.91 Å². The Bertz CT molecular complexity index is 1900. The van der Waals surface area contributed by atoms with Crippen molar-refractivity contribution in [2.45, 2.75) is 74.0 Å². The van der Waals surface area contributed by atoms with Crippen molar-refractivity contribution in [2.75, 3.05) is 13.1 Å². The van der Waals surface area contributed by atoms with Crippen LogP contribution in [0.15, 0.2) is 82.7 Å². The number of hydrogen-bond acceptors (Lipinski definition) is 5. The summed E-state index contributed by atoms with van der Waals surface area (Å²) in [6.45, 7) is 4.02. The minimum atomic E-state index is -4.45. The summed E-state index contributed by atoms with van der Waals surface area (Å²) >= 11 is 1.25. The third kappa shape index (κ3) is 8.35. The van der Waals surface area contributed by atoms with E-state index in [2.05, 4.69) is 4.98 Å². The summed E-state index contributed by atoms with van der Waals surface area (Å²) in [6.07, 6.45) is -2.64. The Morgan fingerprint density at radius 1 is 0.843 bits per heavy atom. The SMILES string of the molecule is [B]C([B])(N(CC)CC)C([B])([B])N(Cc1ccc(-c2ccc(C(F)(F)F)cc2)cc1)C(=O)Cn1c(SCc2ccc(F)cc2)nc(=O)c2c1CCC2. The number of nitrogens with zero attached hydrogens (tertiary/aromatic N) is 4. The molecule has 0 aliphatic heterocycles. The first-order valence-corrected chi connectivity index (χ1v) is 17.5.